The van der Waals surface area contributed by atoms with E-state index in [-0.39, 0.29) is 0 Å². The maximum Gasteiger partial charge on any atom is 0.283 e. The van der Waals surface area contributed by atoms with Crippen LogP contribution in [0, 0.1) is 0 Å². The molecule has 0 radical (unpaired) electrons. The van der Waals surface area contributed by atoms with Crippen LogP contribution in [0.3, 0.4) is 0 Å². The van der Waals surface area contributed by atoms with Crippen LogP contribution in [-0.2, 0) is 14.9 Å². The van der Waals surface area contributed by atoms with Crippen molar-refractivity contribution in [3.8, 4) is 0 Å². The van der Waals surface area contributed by atoms with Gasteiger partial charge in [0.15, 0.2) is 0 Å². The summed E-state index contributed by atoms with van der Waals surface area (Å²) < 4.78 is 31.6. The molecule has 0 saturated carbocycles. The summed E-state index contributed by atoms with van der Waals surface area (Å²) in [6, 6.07) is 0. The molecule has 0 amide bonds. The van der Waals surface area contributed by atoms with E-state index in [1.807, 2.05) is 4.72 Å². The Balaban J connectivity index is 4.48. The van der Waals surface area contributed by atoms with Crippen molar-refractivity contribution in [1.29, 1.82) is 0 Å². The van der Waals surface area contributed by atoms with Gasteiger partial charge in [0, 0.05) is 13.1 Å². The average Bonchev–Trinajstić information content (AvgIpc) is 1.99. The van der Waals surface area contributed by atoms with Crippen LogP contribution in [0.15, 0.2) is 0 Å². The average molecular weight is 254 g/mol. The molecule has 2 N–H and O–H groups in total. The Hall–Kier alpha value is -0.210. The van der Waals surface area contributed by atoms with Gasteiger partial charge in [-0.3, -0.25) is 0 Å². The molecule has 0 aliphatic heterocycles. The third kappa shape index (κ3) is 5.76. The predicted octanol–water partition coefficient (Wildman–Crippen LogP) is 0.254. The van der Waals surface area contributed by atoms with Crippen molar-refractivity contribution in [2.24, 2.45) is 0 Å². The molecule has 6 nitrogen and oxygen atoms in total. The molecule has 7 heteroatoms. The number of nitrogens with one attached hydrogen (secondary N) is 1. The predicted molar refractivity (Wildman–Crippen MR) is 61.8 cm³/mol. The van der Waals surface area contributed by atoms with E-state index >= 15 is 0 Å². The third-order valence-electron chi connectivity index (χ3n) is 1.76. The highest BCUT2D eigenvalue weighted by atomic mass is 32.2. The number of aliphatic hydroxyl groups is 1. The van der Waals surface area contributed by atoms with Gasteiger partial charge in [0.25, 0.3) is 10.2 Å². The molecule has 0 aliphatic carbocycles. The lowest BCUT2D eigenvalue weighted by Gasteiger charge is -2.26. The van der Waals surface area contributed by atoms with E-state index in [2.05, 4.69) is 0 Å². The van der Waals surface area contributed by atoms with E-state index in [9.17, 15) is 13.5 Å². The molecular weight excluding hydrogens is 232 g/mol. The molecular formula is C9H22N2O4S. The fourth-order valence-electron chi connectivity index (χ4n) is 1.12. The normalized spacial score (nSPS) is 15.4. The van der Waals surface area contributed by atoms with Gasteiger partial charge in [-0.2, -0.15) is 17.4 Å². The second-order valence-corrected chi connectivity index (χ2v) is 5.99. The maximum absolute atomic E-state index is 11.7. The number of ether oxygens (including phenoxy) is 1. The van der Waals surface area contributed by atoms with Crippen molar-refractivity contribution in [2.45, 2.75) is 46.6 Å². The molecule has 0 rings (SSSR count). The maximum atomic E-state index is 11.7. The minimum atomic E-state index is -3.69. The lowest BCUT2D eigenvalue weighted by Crippen LogP contribution is -2.48. The van der Waals surface area contributed by atoms with E-state index in [4.69, 9.17) is 4.74 Å². The first-order chi connectivity index (χ1) is 7.12. The third-order valence-corrected chi connectivity index (χ3v) is 3.46. The minimum absolute atomic E-state index is 0.341. The van der Waals surface area contributed by atoms with Crippen LogP contribution in [-0.4, -0.2) is 42.9 Å². The lowest BCUT2D eigenvalue weighted by atomic mass is 10.2. The van der Waals surface area contributed by atoms with Crippen LogP contribution in [0.4, 0.5) is 0 Å². The van der Waals surface area contributed by atoms with E-state index in [1.165, 1.54) is 4.31 Å². The van der Waals surface area contributed by atoms with Gasteiger partial charge in [-0.15, -0.1) is 0 Å². The van der Waals surface area contributed by atoms with Crippen LogP contribution < -0.4 is 4.72 Å². The van der Waals surface area contributed by atoms with Crippen molar-refractivity contribution in [2.75, 3.05) is 13.1 Å². The Morgan fingerprint density at radius 1 is 1.31 bits per heavy atom. The minimum Gasteiger partial charge on any atom is -0.355 e. The lowest BCUT2D eigenvalue weighted by molar-refractivity contribution is -0.170. The fourth-order valence-corrected chi connectivity index (χ4v) is 2.26. The van der Waals surface area contributed by atoms with Crippen LogP contribution in [0.2, 0.25) is 0 Å². The Kier molecular flexibility index (Phi) is 5.85. The SMILES string of the molecule is CCN(CC)S(=O)(=O)NC(O)OC(C)(C)C. The highest BCUT2D eigenvalue weighted by Crippen LogP contribution is 2.09. The molecule has 0 saturated heterocycles. The van der Waals surface area contributed by atoms with E-state index in [0.29, 0.717) is 13.1 Å². The standard InChI is InChI=1S/C9H22N2O4S/c1-6-11(7-2)16(13,14)10-8(12)15-9(3,4)5/h8,10,12H,6-7H2,1-5H3. The van der Waals surface area contributed by atoms with E-state index < -0.39 is 22.2 Å². The van der Waals surface area contributed by atoms with Gasteiger partial charge in [0.2, 0.25) is 6.41 Å². The molecule has 0 bridgehead atoms. The van der Waals surface area contributed by atoms with Gasteiger partial charge in [0.1, 0.15) is 0 Å². The molecule has 0 aromatic heterocycles. The van der Waals surface area contributed by atoms with Gasteiger partial charge in [-0.25, -0.2) is 0 Å². The number of aliphatic hydroxyl groups excluding tert-OH is 1. The van der Waals surface area contributed by atoms with Gasteiger partial charge in [0.05, 0.1) is 5.60 Å². The summed E-state index contributed by atoms with van der Waals surface area (Å²) in [5, 5.41) is 9.42. The number of nitrogens with zero attached hydrogens (tertiary/aromatic N) is 1. The zero-order chi connectivity index (χ0) is 13.0. The summed E-state index contributed by atoms with van der Waals surface area (Å²) in [5.41, 5.74) is -0.620. The second kappa shape index (κ2) is 5.92. The summed E-state index contributed by atoms with van der Waals surface area (Å²) in [4.78, 5) is 0. The summed E-state index contributed by atoms with van der Waals surface area (Å²) >= 11 is 0. The molecule has 98 valence electrons. The molecule has 0 aliphatic rings. The van der Waals surface area contributed by atoms with Gasteiger partial charge >= 0.3 is 0 Å². The molecule has 0 fully saturated rings. The van der Waals surface area contributed by atoms with Crippen LogP contribution in [0.5, 0.6) is 0 Å². The van der Waals surface area contributed by atoms with Crippen molar-refractivity contribution in [3.05, 3.63) is 0 Å². The molecule has 1 unspecified atom stereocenters. The number of hydrogen-bond acceptors (Lipinski definition) is 4. The zero-order valence-electron chi connectivity index (χ0n) is 10.5. The first kappa shape index (κ1) is 15.8. The summed E-state index contributed by atoms with van der Waals surface area (Å²) in [7, 11) is -3.69. The molecule has 16 heavy (non-hydrogen) atoms. The quantitative estimate of drug-likeness (QED) is 0.666. The van der Waals surface area contributed by atoms with Crippen molar-refractivity contribution in [1.82, 2.24) is 9.03 Å². The summed E-state index contributed by atoms with van der Waals surface area (Å²) in [6.07, 6.45) is -1.54. The smallest absolute Gasteiger partial charge is 0.283 e. The first-order valence-electron chi connectivity index (χ1n) is 5.25. The largest absolute Gasteiger partial charge is 0.355 e. The van der Waals surface area contributed by atoms with Gasteiger partial charge in [-0.05, 0) is 20.8 Å². The van der Waals surface area contributed by atoms with E-state index in [0.717, 1.165) is 0 Å². The van der Waals surface area contributed by atoms with Gasteiger partial charge in [-0.1, -0.05) is 13.8 Å². The monoisotopic (exact) mass is 254 g/mol. The molecule has 0 aromatic rings. The van der Waals surface area contributed by atoms with Gasteiger partial charge < -0.3 is 9.84 Å². The molecule has 0 aromatic carbocycles. The van der Waals surface area contributed by atoms with Crippen molar-refractivity contribution in [3.63, 3.8) is 0 Å². The zero-order valence-corrected chi connectivity index (χ0v) is 11.3. The number of hydrogen-bond donors (Lipinski definition) is 2. The van der Waals surface area contributed by atoms with E-state index in [1.54, 1.807) is 34.6 Å². The summed E-state index contributed by atoms with van der Waals surface area (Å²) in [5.74, 6) is 0. The number of rotatable bonds is 6. The second-order valence-electron chi connectivity index (χ2n) is 4.29. The van der Waals surface area contributed by atoms with Crippen LogP contribution in [0.25, 0.3) is 0 Å². The Morgan fingerprint density at radius 2 is 1.75 bits per heavy atom. The molecule has 0 heterocycles. The Bertz CT molecular complexity index is 293. The molecule has 1 atom stereocenters. The van der Waals surface area contributed by atoms with Crippen LogP contribution >= 0.6 is 0 Å². The topological polar surface area (TPSA) is 78.9 Å². The highest BCUT2D eigenvalue weighted by Gasteiger charge is 2.25. The van der Waals surface area contributed by atoms with Crippen molar-refractivity contribution >= 4 is 10.2 Å². The fraction of sp³-hybridized carbons (Fsp3) is 1.00. The summed E-state index contributed by atoms with van der Waals surface area (Å²) in [6.45, 7) is 9.30. The Morgan fingerprint density at radius 3 is 2.06 bits per heavy atom. The molecule has 0 spiro atoms. The highest BCUT2D eigenvalue weighted by molar-refractivity contribution is 7.87. The Labute approximate surface area is 97.8 Å². The first-order valence-corrected chi connectivity index (χ1v) is 6.69. The van der Waals surface area contributed by atoms with Crippen molar-refractivity contribution < 1.29 is 18.3 Å². The van der Waals surface area contributed by atoms with Crippen LogP contribution in [0.1, 0.15) is 34.6 Å².